The fourth-order valence-corrected chi connectivity index (χ4v) is 16.3. The number of halogens is 4. The molecule has 5 aliphatic rings. The summed E-state index contributed by atoms with van der Waals surface area (Å²) in [6.45, 7) is 7.72. The number of ketones is 1. The third-order valence-electron chi connectivity index (χ3n) is 20.0. The quantitative estimate of drug-likeness (QED) is 0.141. The van der Waals surface area contributed by atoms with Gasteiger partial charge in [-0.2, -0.15) is 6.42 Å². The van der Waals surface area contributed by atoms with Crippen molar-refractivity contribution in [3.8, 4) is 66.8 Å². The molecule has 506 valence electrons. The number of fused-ring (bicyclic) bond motifs is 19. The molecule has 1 unspecified atom stereocenters. The van der Waals surface area contributed by atoms with E-state index in [0.717, 1.165) is 106 Å². The van der Waals surface area contributed by atoms with Crippen molar-refractivity contribution in [1.82, 2.24) is 0 Å². The van der Waals surface area contributed by atoms with Gasteiger partial charge in [-0.05, 0) is 213 Å². The molecule has 0 saturated carbocycles. The van der Waals surface area contributed by atoms with Gasteiger partial charge in [-0.25, -0.2) is 0 Å². The van der Waals surface area contributed by atoms with Gasteiger partial charge in [0.15, 0.2) is 5.78 Å². The summed E-state index contributed by atoms with van der Waals surface area (Å²) in [5.74, 6) is 0.0678. The van der Waals surface area contributed by atoms with E-state index < -0.39 is 5.60 Å². The van der Waals surface area contributed by atoms with Crippen LogP contribution in [-0.2, 0) is 15.8 Å². The Labute approximate surface area is 646 Å². The van der Waals surface area contributed by atoms with Gasteiger partial charge >= 0.3 is 18.9 Å². The summed E-state index contributed by atoms with van der Waals surface area (Å²) in [5, 5.41) is 21.6. The summed E-state index contributed by atoms with van der Waals surface area (Å²) >= 11 is 22.5. The Morgan fingerprint density at radius 2 is 0.692 bits per heavy atom. The Kier molecular flexibility index (Phi) is 22.4. The number of hydrogen-bond acceptors (Lipinski definition) is 3. The Balaban J connectivity index is 0.000000122. The molecule has 4 aliphatic carbocycles. The van der Waals surface area contributed by atoms with Crippen LogP contribution in [-0.4, -0.2) is 24.1 Å². The maximum atomic E-state index is 12.5. The zero-order valence-corrected chi connectivity index (χ0v) is 61.2. The molecule has 1 heterocycles. The molecule has 3 nitrogen and oxygen atoms in total. The van der Waals surface area contributed by atoms with Crippen LogP contribution in [0.25, 0.3) is 99.1 Å². The summed E-state index contributed by atoms with van der Waals surface area (Å²) in [6, 6.07) is 111. The molecule has 0 bridgehead atoms. The van der Waals surface area contributed by atoms with Gasteiger partial charge in [0.25, 0.3) is 0 Å². The number of rotatable bonds is 4. The molecule has 1 saturated heterocycles. The predicted molar refractivity (Wildman–Crippen MR) is 438 cm³/mol. The first-order chi connectivity index (χ1) is 50.0. The number of hydrogen-bond donors (Lipinski definition) is 1. The monoisotopic (exact) mass is 1470 g/mol. The van der Waals surface area contributed by atoms with Crippen LogP contribution in [0.4, 0.5) is 0 Å². The van der Waals surface area contributed by atoms with Gasteiger partial charge in [0.05, 0.1) is 5.41 Å². The van der Waals surface area contributed by atoms with Crippen LogP contribution in [0, 0.1) is 6.92 Å². The zero-order valence-electron chi connectivity index (χ0n) is 57.3. The molecule has 20 rings (SSSR count). The van der Waals surface area contributed by atoms with Gasteiger partial charge in [0.2, 0.25) is 0 Å². The van der Waals surface area contributed by atoms with Crippen molar-refractivity contribution in [3.63, 3.8) is 0 Å². The second-order valence-electron chi connectivity index (χ2n) is 26.1. The molecule has 1 aliphatic heterocycles. The van der Waals surface area contributed by atoms with Crippen molar-refractivity contribution in [2.45, 2.75) is 51.0 Å². The Hall–Kier alpha value is -9.38. The van der Waals surface area contributed by atoms with E-state index >= 15 is 0 Å². The minimum atomic E-state index is -1.30. The number of ether oxygens (including phenoxy) is 1. The molecule has 1 spiro atoms. The largest absolute Gasteiger partial charge is 1.00 e. The first-order valence-electron chi connectivity index (χ1n) is 34.8. The molecule has 8 heteroatoms. The number of aliphatic hydroxyl groups is 1. The summed E-state index contributed by atoms with van der Waals surface area (Å²) in [5.41, 5.74) is 21.7. The molecule has 1 fully saturated rings. The van der Waals surface area contributed by atoms with Gasteiger partial charge in [-0.1, -0.05) is 314 Å². The predicted octanol–water partition coefficient (Wildman–Crippen LogP) is 24.1. The normalized spacial score (nSPS) is 14.2. The van der Waals surface area contributed by atoms with E-state index in [1.165, 1.54) is 85.7 Å². The minimum absolute atomic E-state index is 0. The van der Waals surface area contributed by atoms with Crippen LogP contribution >= 0.6 is 50.7 Å². The number of carbonyl (C=O) groups is 1. The molecule has 104 heavy (non-hydrogen) atoms. The van der Waals surface area contributed by atoms with Crippen molar-refractivity contribution >= 4 is 88.8 Å². The van der Waals surface area contributed by atoms with Crippen LogP contribution < -0.4 is 18.9 Å². The van der Waals surface area contributed by atoms with Gasteiger partial charge < -0.3 is 16.8 Å². The van der Waals surface area contributed by atoms with Crippen LogP contribution in [0.3, 0.4) is 0 Å². The molecule has 1 N–H and O–H groups in total. The summed E-state index contributed by atoms with van der Waals surface area (Å²) in [4.78, 5) is 12.4. The standard InChI is InChI=1S/C29H19ClO.C29H17Cl.C17H9ClO.C12H9Br.C4H8O.C4H9.CH4.Li/c30-22-14-15-24-25-16-20-10-4-5-11-21(20)17-27(25)29(31,28(24)18-22)26-13-7-6-12-23(26)19-8-2-1-3-9-19;30-20-13-14-23-24-15-18-7-1-2-8-19(18)16-27(24)29(28(23)17-20)25-11-5-3-9-21(25)22-10-4-6-12-26(22)29;18-12-5-6-13-14-7-10-3-1-2-4-11(10)8-15(14)17(19)16(13)9-12;13-12-9-5-4-8-11(12)10-6-2-1-3-7-10;1-2-4-5-3-1;1-3-4-2;;/h1-18,31H;1-17H;1-9H;1-9H;1-4H2;1,3-4H2,2H3;1H4;/q;;;;;-1;;+1. The van der Waals surface area contributed by atoms with E-state index in [1.54, 1.807) is 6.07 Å². The topological polar surface area (TPSA) is 46.5 Å². The Bertz CT molecular complexity index is 5600. The summed E-state index contributed by atoms with van der Waals surface area (Å²) in [6.07, 6.45) is 4.83. The number of unbranched alkanes of at least 4 members (excludes halogenated alkanes) is 1. The van der Waals surface area contributed by atoms with Crippen molar-refractivity contribution in [3.05, 3.63) is 398 Å². The SMILES string of the molecule is Brc1ccccc1-c1ccccc1.C.C1CCOC1.Clc1ccc2c(c1)C1(c3ccccc3-c3ccccc31)c1cc3ccccc3cc1-2.O=C1c2cc(Cl)ccc2-c2cc3ccccc3cc21.OC1(c2ccccc2-c2ccccc2)c2cc(Cl)ccc2-c2cc3ccccc3cc21.[CH2-]CCC.[Li+]. The number of benzene rings is 15. The summed E-state index contributed by atoms with van der Waals surface area (Å²) < 4.78 is 6.08. The second kappa shape index (κ2) is 31.9. The maximum absolute atomic E-state index is 12.5. The van der Waals surface area contributed by atoms with Crippen LogP contribution in [0.5, 0.6) is 0 Å². The fraction of sp³-hybridized carbons (Fsp3) is 0.104. The van der Waals surface area contributed by atoms with Crippen molar-refractivity contribution in [2.75, 3.05) is 13.2 Å². The van der Waals surface area contributed by atoms with Gasteiger partial charge in [0.1, 0.15) is 5.60 Å². The van der Waals surface area contributed by atoms with E-state index in [-0.39, 0.29) is 37.5 Å². The molecular formula is C96H75BrCl3LiO3. The molecule has 1 atom stereocenters. The maximum Gasteiger partial charge on any atom is 1.00 e. The van der Waals surface area contributed by atoms with Crippen LogP contribution in [0.1, 0.15) is 94.9 Å². The third-order valence-corrected chi connectivity index (χ3v) is 21.4. The molecule has 0 aromatic heterocycles. The van der Waals surface area contributed by atoms with Gasteiger partial charge in [0, 0.05) is 60.6 Å². The van der Waals surface area contributed by atoms with Gasteiger partial charge in [-0.15, -0.1) is 0 Å². The average molecular weight is 1470 g/mol. The zero-order chi connectivity index (χ0) is 69.9. The van der Waals surface area contributed by atoms with Gasteiger partial charge in [-0.3, -0.25) is 4.79 Å². The average Bonchev–Trinajstić information content (AvgIpc) is 1.51. The summed E-state index contributed by atoms with van der Waals surface area (Å²) in [7, 11) is 0. The van der Waals surface area contributed by atoms with E-state index in [9.17, 15) is 9.90 Å². The Morgan fingerprint density at radius 1 is 0.356 bits per heavy atom. The van der Waals surface area contributed by atoms with Crippen LogP contribution in [0.15, 0.2) is 326 Å². The van der Waals surface area contributed by atoms with E-state index in [4.69, 9.17) is 39.5 Å². The van der Waals surface area contributed by atoms with Crippen molar-refractivity contribution in [2.24, 2.45) is 0 Å². The molecule has 15 aromatic rings. The first-order valence-corrected chi connectivity index (χ1v) is 36.7. The minimum Gasteiger partial charge on any atom is -0.381 e. The fourth-order valence-electron chi connectivity index (χ4n) is 15.3. The number of carbonyl (C=O) groups excluding carboxylic acids is 1. The van der Waals surface area contributed by atoms with E-state index in [1.807, 2.05) is 127 Å². The van der Waals surface area contributed by atoms with Crippen molar-refractivity contribution in [1.29, 1.82) is 0 Å². The van der Waals surface area contributed by atoms with Crippen molar-refractivity contribution < 1.29 is 33.5 Å². The molecule has 15 aromatic carbocycles. The first kappa shape index (κ1) is 73.0. The second-order valence-corrected chi connectivity index (χ2v) is 28.3. The molecule has 0 radical (unpaired) electrons. The third kappa shape index (κ3) is 13.7. The molecular weight excluding hydrogens is 1390 g/mol. The van der Waals surface area contributed by atoms with E-state index in [0.29, 0.717) is 15.6 Å². The van der Waals surface area contributed by atoms with Crippen LogP contribution in [0.2, 0.25) is 15.1 Å². The Morgan fingerprint density at radius 3 is 1.19 bits per heavy atom. The smallest absolute Gasteiger partial charge is 0.381 e. The molecule has 0 amide bonds. The van der Waals surface area contributed by atoms with E-state index in [2.05, 4.69) is 218 Å².